The van der Waals surface area contributed by atoms with Gasteiger partial charge in [-0.2, -0.15) is 0 Å². The third-order valence-electron chi connectivity index (χ3n) is 3.71. The van der Waals surface area contributed by atoms with E-state index in [0.29, 0.717) is 0 Å². The second-order valence-electron chi connectivity index (χ2n) is 5.79. The average Bonchev–Trinajstić information content (AvgIpc) is 2.67. The second-order valence-corrected chi connectivity index (χ2v) is 5.79. The van der Waals surface area contributed by atoms with Crippen molar-refractivity contribution >= 4 is 12.0 Å². The van der Waals surface area contributed by atoms with Gasteiger partial charge in [-0.1, -0.05) is 47.1 Å². The molecule has 0 radical (unpaired) electrons. The largest absolute Gasteiger partial charge is 0.573 e. The van der Waals surface area contributed by atoms with Crippen LogP contribution in [-0.4, -0.2) is 12.3 Å². The van der Waals surface area contributed by atoms with Crippen molar-refractivity contribution in [1.29, 1.82) is 0 Å². The van der Waals surface area contributed by atoms with Gasteiger partial charge in [-0.25, -0.2) is 0 Å². The van der Waals surface area contributed by atoms with Crippen molar-refractivity contribution in [2.24, 2.45) is 0 Å². The minimum Gasteiger partial charge on any atom is -0.406 e. The lowest BCUT2D eigenvalue weighted by atomic mass is 10.0. The fourth-order valence-corrected chi connectivity index (χ4v) is 2.45. The maximum absolute atomic E-state index is 12.2. The second kappa shape index (κ2) is 8.39. The van der Waals surface area contributed by atoms with E-state index < -0.39 is 6.36 Å². The molecule has 0 atom stereocenters. The van der Waals surface area contributed by atoms with Crippen LogP contribution in [0.5, 0.6) is 5.75 Å². The standard InChI is InChI=1S/C21H15F3N2O2/c22-21(23,24)28-19-11-9-18(10-12-19)17-7-4-16(5-8-17)6-13-20(27)25-26-14-2-1-3-15-26/h1-15H/p+1/b13-6+. The smallest absolute Gasteiger partial charge is 0.406 e. The van der Waals surface area contributed by atoms with Crippen molar-refractivity contribution in [3.63, 3.8) is 0 Å². The van der Waals surface area contributed by atoms with Crippen molar-refractivity contribution in [2.75, 3.05) is 5.43 Å². The molecule has 3 aromatic rings. The van der Waals surface area contributed by atoms with Crippen molar-refractivity contribution in [3.05, 3.63) is 90.8 Å². The molecule has 28 heavy (non-hydrogen) atoms. The van der Waals surface area contributed by atoms with Gasteiger partial charge >= 0.3 is 6.36 Å². The van der Waals surface area contributed by atoms with Crippen LogP contribution in [-0.2, 0) is 4.79 Å². The molecule has 0 spiro atoms. The Kier molecular flexibility index (Phi) is 5.74. The first-order valence-corrected chi connectivity index (χ1v) is 8.31. The first-order chi connectivity index (χ1) is 13.4. The van der Waals surface area contributed by atoms with Gasteiger partial charge in [-0.15, -0.1) is 18.6 Å². The summed E-state index contributed by atoms with van der Waals surface area (Å²) in [6, 6.07) is 18.3. The molecule has 0 aliphatic carbocycles. The zero-order chi connectivity index (χ0) is 20.0. The molecule has 0 fully saturated rings. The summed E-state index contributed by atoms with van der Waals surface area (Å²) < 4.78 is 42.0. The van der Waals surface area contributed by atoms with E-state index in [1.165, 1.54) is 18.2 Å². The van der Waals surface area contributed by atoms with Gasteiger partial charge in [0.15, 0.2) is 12.4 Å². The van der Waals surface area contributed by atoms with Gasteiger partial charge in [0.05, 0.1) is 0 Å². The minimum atomic E-state index is -4.71. The predicted octanol–water partition coefficient (Wildman–Crippen LogP) is 4.32. The number of pyridine rings is 1. The first kappa shape index (κ1) is 19.2. The van der Waals surface area contributed by atoms with Crippen molar-refractivity contribution < 1.29 is 27.4 Å². The molecule has 7 heteroatoms. The lowest BCUT2D eigenvalue weighted by Crippen LogP contribution is -2.46. The van der Waals surface area contributed by atoms with E-state index in [-0.39, 0.29) is 11.7 Å². The fraction of sp³-hybridized carbons (Fsp3) is 0.0476. The summed E-state index contributed by atoms with van der Waals surface area (Å²) >= 11 is 0. The quantitative estimate of drug-likeness (QED) is 0.525. The van der Waals surface area contributed by atoms with Gasteiger partial charge in [0, 0.05) is 18.2 Å². The average molecular weight is 385 g/mol. The minimum absolute atomic E-state index is 0.266. The molecule has 0 bridgehead atoms. The number of alkyl halides is 3. The monoisotopic (exact) mass is 385 g/mol. The molecule has 1 heterocycles. The van der Waals surface area contributed by atoms with Gasteiger partial charge < -0.3 is 4.74 Å². The van der Waals surface area contributed by atoms with E-state index in [1.54, 1.807) is 47.4 Å². The summed E-state index contributed by atoms with van der Waals surface area (Å²) in [7, 11) is 0. The Morgan fingerprint density at radius 3 is 2.04 bits per heavy atom. The van der Waals surface area contributed by atoms with Crippen molar-refractivity contribution in [2.45, 2.75) is 6.36 Å². The van der Waals surface area contributed by atoms with Gasteiger partial charge in [0.1, 0.15) is 5.75 Å². The van der Waals surface area contributed by atoms with Crippen LogP contribution in [0.1, 0.15) is 5.56 Å². The first-order valence-electron chi connectivity index (χ1n) is 8.31. The number of hydrogen-bond donors (Lipinski definition) is 1. The molecule has 2 aromatic carbocycles. The molecule has 0 unspecified atom stereocenters. The molecular formula is C21H16F3N2O2+. The van der Waals surface area contributed by atoms with Crippen LogP contribution in [0, 0.1) is 0 Å². The van der Waals surface area contributed by atoms with Gasteiger partial charge in [0.2, 0.25) is 0 Å². The molecule has 1 amide bonds. The van der Waals surface area contributed by atoms with Crippen LogP contribution >= 0.6 is 0 Å². The number of carbonyl (C=O) groups is 1. The molecule has 1 N–H and O–H groups in total. The van der Waals surface area contributed by atoms with Crippen molar-refractivity contribution in [1.82, 2.24) is 0 Å². The van der Waals surface area contributed by atoms with Crippen LogP contribution in [0.25, 0.3) is 17.2 Å². The maximum Gasteiger partial charge on any atom is 0.573 e. The summed E-state index contributed by atoms with van der Waals surface area (Å²) in [4.78, 5) is 11.9. The van der Waals surface area contributed by atoms with Crippen LogP contribution in [0.2, 0.25) is 0 Å². The number of benzene rings is 2. The van der Waals surface area contributed by atoms with Crippen LogP contribution in [0.3, 0.4) is 0 Å². The fourth-order valence-electron chi connectivity index (χ4n) is 2.45. The Morgan fingerprint density at radius 1 is 0.893 bits per heavy atom. The third-order valence-corrected chi connectivity index (χ3v) is 3.71. The van der Waals surface area contributed by atoms with E-state index in [1.807, 2.05) is 30.3 Å². The number of nitrogens with zero attached hydrogens (tertiary/aromatic N) is 1. The molecule has 142 valence electrons. The lowest BCUT2D eigenvalue weighted by molar-refractivity contribution is -0.642. The number of aromatic nitrogens is 1. The molecule has 0 aliphatic heterocycles. The Morgan fingerprint density at radius 2 is 1.46 bits per heavy atom. The normalized spacial score (nSPS) is 11.4. The van der Waals surface area contributed by atoms with E-state index in [9.17, 15) is 18.0 Å². The van der Waals surface area contributed by atoms with Gasteiger partial charge in [0.25, 0.3) is 5.91 Å². The Labute approximate surface area is 159 Å². The van der Waals surface area contributed by atoms with Gasteiger partial charge in [-0.3, -0.25) is 4.79 Å². The number of nitrogens with one attached hydrogen (secondary N) is 1. The highest BCUT2D eigenvalue weighted by Gasteiger charge is 2.30. The number of ether oxygens (including phenoxy) is 1. The van der Waals surface area contributed by atoms with Crippen molar-refractivity contribution in [3.8, 4) is 16.9 Å². The molecule has 4 nitrogen and oxygen atoms in total. The van der Waals surface area contributed by atoms with E-state index in [2.05, 4.69) is 10.2 Å². The molecule has 0 saturated carbocycles. The number of amides is 1. The molecule has 0 saturated heterocycles. The number of carbonyl (C=O) groups excluding carboxylic acids is 1. The zero-order valence-corrected chi connectivity index (χ0v) is 14.6. The zero-order valence-electron chi connectivity index (χ0n) is 14.6. The van der Waals surface area contributed by atoms with E-state index >= 15 is 0 Å². The van der Waals surface area contributed by atoms with Crippen LogP contribution in [0.4, 0.5) is 13.2 Å². The highest BCUT2D eigenvalue weighted by Crippen LogP contribution is 2.26. The summed E-state index contributed by atoms with van der Waals surface area (Å²) in [5.74, 6) is -0.543. The number of halogens is 3. The van der Waals surface area contributed by atoms with Crippen LogP contribution in [0.15, 0.2) is 85.2 Å². The Bertz CT molecular complexity index is 952. The Balaban J connectivity index is 1.62. The molecule has 3 rings (SSSR count). The third kappa shape index (κ3) is 5.70. The van der Waals surface area contributed by atoms with E-state index in [4.69, 9.17) is 0 Å². The number of rotatable bonds is 5. The molecule has 0 aliphatic rings. The van der Waals surface area contributed by atoms with E-state index in [0.717, 1.165) is 16.7 Å². The Hall–Kier alpha value is -3.61. The highest BCUT2D eigenvalue weighted by atomic mass is 19.4. The summed E-state index contributed by atoms with van der Waals surface area (Å²) in [5.41, 5.74) is 5.07. The summed E-state index contributed by atoms with van der Waals surface area (Å²) in [5, 5.41) is 0. The maximum atomic E-state index is 12.2. The predicted molar refractivity (Wildman–Crippen MR) is 98.6 cm³/mol. The van der Waals surface area contributed by atoms with Gasteiger partial charge in [-0.05, 0) is 34.9 Å². The highest BCUT2D eigenvalue weighted by molar-refractivity contribution is 5.96. The molecule has 1 aromatic heterocycles. The SMILES string of the molecule is O=C(/C=C/c1ccc(-c2ccc(OC(F)(F)F)cc2)cc1)N[n+]1ccccc1. The molecular weight excluding hydrogens is 369 g/mol. The summed E-state index contributed by atoms with van der Waals surface area (Å²) in [6.07, 6.45) is 1.80. The lowest BCUT2D eigenvalue weighted by Gasteiger charge is -2.09. The summed E-state index contributed by atoms with van der Waals surface area (Å²) in [6.45, 7) is 0. The van der Waals surface area contributed by atoms with Crippen LogP contribution < -0.4 is 14.8 Å². The number of hydrogen-bond acceptors (Lipinski definition) is 2. The topological polar surface area (TPSA) is 42.2 Å².